The van der Waals surface area contributed by atoms with Crippen LogP contribution in [-0.4, -0.2) is 48.5 Å². The molecule has 3 rings (SSSR count). The molecule has 2 aromatic rings. The molecule has 1 aromatic carbocycles. The van der Waals surface area contributed by atoms with E-state index in [1.165, 1.54) is 5.69 Å². The van der Waals surface area contributed by atoms with Gasteiger partial charge in [0, 0.05) is 31.9 Å². The Morgan fingerprint density at radius 1 is 1.08 bits per heavy atom. The van der Waals surface area contributed by atoms with E-state index in [1.54, 1.807) is 18.2 Å². The van der Waals surface area contributed by atoms with Gasteiger partial charge in [-0.05, 0) is 24.3 Å². The predicted molar refractivity (Wildman–Crippen MR) is 92.7 cm³/mol. The summed E-state index contributed by atoms with van der Waals surface area (Å²) in [6, 6.07) is 17.4. The summed E-state index contributed by atoms with van der Waals surface area (Å²) in [6.45, 7) is 3.27. The molecule has 1 aliphatic heterocycles. The molecule has 0 radical (unpaired) electrons. The van der Waals surface area contributed by atoms with Gasteiger partial charge in [-0.25, -0.2) is 4.98 Å². The van der Waals surface area contributed by atoms with Crippen LogP contribution in [0.25, 0.3) is 0 Å². The Bertz CT molecular complexity index is 733. The average Bonchev–Trinajstić information content (AvgIpc) is 2.67. The Morgan fingerprint density at radius 3 is 2.54 bits per heavy atom. The maximum Gasteiger partial charge on any atom is 0.242 e. The molecule has 24 heavy (non-hydrogen) atoms. The van der Waals surface area contributed by atoms with Crippen molar-refractivity contribution in [3.8, 4) is 6.07 Å². The molecule has 0 spiro atoms. The Labute approximate surface area is 141 Å². The van der Waals surface area contributed by atoms with Gasteiger partial charge in [-0.3, -0.25) is 4.79 Å². The first-order valence-corrected chi connectivity index (χ1v) is 7.95. The van der Waals surface area contributed by atoms with Crippen LogP contribution in [0.2, 0.25) is 0 Å². The number of amides is 1. The highest BCUT2D eigenvalue weighted by Crippen LogP contribution is 2.15. The number of anilines is 2. The summed E-state index contributed by atoms with van der Waals surface area (Å²) in [6.07, 6.45) is 0. The minimum atomic E-state index is 0.0480. The number of hydrogen-bond donors (Lipinski definition) is 1. The molecule has 1 aliphatic rings. The van der Waals surface area contributed by atoms with E-state index in [9.17, 15) is 4.79 Å². The van der Waals surface area contributed by atoms with Gasteiger partial charge in [-0.2, -0.15) is 5.26 Å². The van der Waals surface area contributed by atoms with Crippen LogP contribution in [-0.2, 0) is 4.79 Å². The maximum atomic E-state index is 12.3. The van der Waals surface area contributed by atoms with Crippen molar-refractivity contribution in [3.05, 3.63) is 54.2 Å². The van der Waals surface area contributed by atoms with Crippen molar-refractivity contribution in [1.82, 2.24) is 9.88 Å². The number of carbonyl (C=O) groups excluding carboxylic acids is 1. The molecule has 1 fully saturated rings. The van der Waals surface area contributed by atoms with Crippen LogP contribution in [0.15, 0.2) is 48.5 Å². The van der Waals surface area contributed by atoms with Crippen LogP contribution in [0, 0.1) is 11.3 Å². The van der Waals surface area contributed by atoms with Gasteiger partial charge in [0.1, 0.15) is 17.6 Å². The third kappa shape index (κ3) is 3.82. The Kier molecular flexibility index (Phi) is 4.92. The predicted octanol–water partition coefficient (Wildman–Crippen LogP) is 1.71. The number of rotatable bonds is 4. The highest BCUT2D eigenvalue weighted by molar-refractivity contribution is 5.80. The third-order valence-corrected chi connectivity index (χ3v) is 4.04. The second-order valence-corrected chi connectivity index (χ2v) is 5.58. The van der Waals surface area contributed by atoms with Crippen LogP contribution in [0.4, 0.5) is 11.5 Å². The molecule has 0 unspecified atom stereocenters. The first-order valence-electron chi connectivity index (χ1n) is 7.95. The topological polar surface area (TPSA) is 72.3 Å². The molecular weight excluding hydrogens is 302 g/mol. The van der Waals surface area contributed by atoms with E-state index in [4.69, 9.17) is 5.26 Å². The van der Waals surface area contributed by atoms with Gasteiger partial charge in [-0.15, -0.1) is 0 Å². The number of nitriles is 1. The summed E-state index contributed by atoms with van der Waals surface area (Å²) in [7, 11) is 0. The molecule has 122 valence electrons. The molecule has 0 aliphatic carbocycles. The molecule has 1 aromatic heterocycles. The van der Waals surface area contributed by atoms with E-state index in [0.717, 1.165) is 13.1 Å². The molecule has 1 N–H and O–H groups in total. The summed E-state index contributed by atoms with van der Waals surface area (Å²) >= 11 is 0. The minimum Gasteiger partial charge on any atom is -0.368 e. The normalized spacial score (nSPS) is 14.1. The van der Waals surface area contributed by atoms with Gasteiger partial charge in [0.15, 0.2) is 0 Å². The highest BCUT2D eigenvalue weighted by Gasteiger charge is 2.20. The van der Waals surface area contributed by atoms with Gasteiger partial charge < -0.3 is 15.1 Å². The van der Waals surface area contributed by atoms with Crippen LogP contribution >= 0.6 is 0 Å². The van der Waals surface area contributed by atoms with Crippen molar-refractivity contribution < 1.29 is 4.79 Å². The van der Waals surface area contributed by atoms with E-state index in [2.05, 4.69) is 27.3 Å². The zero-order valence-electron chi connectivity index (χ0n) is 13.4. The molecular formula is C18H19N5O. The lowest BCUT2D eigenvalue weighted by atomic mass is 10.2. The van der Waals surface area contributed by atoms with Gasteiger partial charge in [0.2, 0.25) is 5.91 Å². The zero-order valence-corrected chi connectivity index (χ0v) is 13.4. The number of hydrogen-bond acceptors (Lipinski definition) is 5. The van der Waals surface area contributed by atoms with E-state index in [0.29, 0.717) is 24.6 Å². The molecule has 1 amide bonds. The molecule has 6 nitrogen and oxygen atoms in total. The number of piperazine rings is 1. The summed E-state index contributed by atoms with van der Waals surface area (Å²) < 4.78 is 0. The van der Waals surface area contributed by atoms with Crippen molar-refractivity contribution in [2.45, 2.75) is 0 Å². The molecule has 0 saturated carbocycles. The number of para-hydroxylation sites is 1. The highest BCUT2D eigenvalue weighted by atomic mass is 16.2. The number of carbonyl (C=O) groups is 1. The van der Waals surface area contributed by atoms with Crippen molar-refractivity contribution >= 4 is 17.4 Å². The number of benzene rings is 1. The van der Waals surface area contributed by atoms with Crippen LogP contribution in [0.5, 0.6) is 0 Å². The van der Waals surface area contributed by atoms with Crippen LogP contribution in [0.1, 0.15) is 5.69 Å². The summed E-state index contributed by atoms with van der Waals surface area (Å²) in [5.74, 6) is 0.595. The first kappa shape index (κ1) is 15.8. The third-order valence-electron chi connectivity index (χ3n) is 4.04. The smallest absolute Gasteiger partial charge is 0.242 e. The molecule has 6 heteroatoms. The number of pyridine rings is 1. The van der Waals surface area contributed by atoms with Crippen molar-refractivity contribution in [2.24, 2.45) is 0 Å². The quantitative estimate of drug-likeness (QED) is 0.928. The second-order valence-electron chi connectivity index (χ2n) is 5.58. The monoisotopic (exact) mass is 321 g/mol. The van der Waals surface area contributed by atoms with Gasteiger partial charge in [0.25, 0.3) is 0 Å². The molecule has 0 atom stereocenters. The van der Waals surface area contributed by atoms with Gasteiger partial charge in [-0.1, -0.05) is 24.3 Å². The average molecular weight is 321 g/mol. The van der Waals surface area contributed by atoms with Crippen LogP contribution in [0.3, 0.4) is 0 Å². The first-order chi connectivity index (χ1) is 11.8. The lowest BCUT2D eigenvalue weighted by molar-refractivity contribution is -0.129. The summed E-state index contributed by atoms with van der Waals surface area (Å²) in [5.41, 5.74) is 1.53. The van der Waals surface area contributed by atoms with E-state index < -0.39 is 0 Å². The lowest BCUT2D eigenvalue weighted by Gasteiger charge is -2.36. The van der Waals surface area contributed by atoms with E-state index in [1.807, 2.05) is 29.2 Å². The Morgan fingerprint density at radius 2 is 1.83 bits per heavy atom. The minimum absolute atomic E-state index is 0.0480. The second kappa shape index (κ2) is 7.47. The van der Waals surface area contributed by atoms with Crippen molar-refractivity contribution in [2.75, 3.05) is 42.9 Å². The SMILES string of the molecule is N#Cc1cccc(NCC(=O)N2CCN(c3ccccc3)CC2)n1. The molecule has 0 bridgehead atoms. The van der Waals surface area contributed by atoms with E-state index in [-0.39, 0.29) is 12.5 Å². The Hall–Kier alpha value is -3.07. The maximum absolute atomic E-state index is 12.3. The summed E-state index contributed by atoms with van der Waals surface area (Å²) in [5, 5.41) is 11.8. The fourth-order valence-corrected chi connectivity index (χ4v) is 2.73. The number of nitrogens with one attached hydrogen (secondary N) is 1. The fraction of sp³-hybridized carbons (Fsp3) is 0.278. The lowest BCUT2D eigenvalue weighted by Crippen LogP contribution is -2.50. The fourth-order valence-electron chi connectivity index (χ4n) is 2.73. The van der Waals surface area contributed by atoms with Gasteiger partial charge >= 0.3 is 0 Å². The molecule has 2 heterocycles. The molecule has 1 saturated heterocycles. The van der Waals surface area contributed by atoms with Crippen LogP contribution < -0.4 is 10.2 Å². The standard InChI is InChI=1S/C18H19N5O/c19-13-15-5-4-8-17(21-15)20-14-18(24)23-11-9-22(10-12-23)16-6-2-1-3-7-16/h1-8H,9-12,14H2,(H,20,21). The van der Waals surface area contributed by atoms with Crippen molar-refractivity contribution in [3.63, 3.8) is 0 Å². The van der Waals surface area contributed by atoms with E-state index >= 15 is 0 Å². The summed E-state index contributed by atoms with van der Waals surface area (Å²) in [4.78, 5) is 20.6. The number of nitrogens with zero attached hydrogens (tertiary/aromatic N) is 4. The van der Waals surface area contributed by atoms with Crippen molar-refractivity contribution in [1.29, 1.82) is 5.26 Å². The Balaban J connectivity index is 1.49. The number of aromatic nitrogens is 1. The van der Waals surface area contributed by atoms with Gasteiger partial charge in [0.05, 0.1) is 6.54 Å². The zero-order chi connectivity index (χ0) is 16.8. The largest absolute Gasteiger partial charge is 0.368 e.